The second-order valence-electron chi connectivity index (χ2n) is 3.08. The number of ether oxygens (including phenoxy) is 1. The fourth-order valence-electron chi connectivity index (χ4n) is 1.34. The van der Waals surface area contributed by atoms with Gasteiger partial charge in [0.25, 0.3) is 0 Å². The van der Waals surface area contributed by atoms with Crippen molar-refractivity contribution in [3.63, 3.8) is 0 Å². The number of hydrogen-bond acceptors (Lipinski definition) is 4. The second-order valence-corrected chi connectivity index (χ2v) is 3.46. The number of esters is 1. The van der Waals surface area contributed by atoms with E-state index in [1.54, 1.807) is 25.3 Å². The van der Waals surface area contributed by atoms with Gasteiger partial charge in [-0.25, -0.2) is 4.79 Å². The molecule has 0 aromatic carbocycles. The van der Waals surface area contributed by atoms with Gasteiger partial charge in [-0.1, -0.05) is 11.6 Å². The van der Waals surface area contributed by atoms with Crippen LogP contribution < -0.4 is 0 Å². The molecule has 0 aliphatic rings. The zero-order valence-electron chi connectivity index (χ0n) is 8.61. The molecule has 0 bridgehead atoms. The highest BCUT2D eigenvalue weighted by Gasteiger charge is 2.15. The van der Waals surface area contributed by atoms with E-state index < -0.39 is 5.97 Å². The smallest absolute Gasteiger partial charge is 0.341 e. The molecule has 0 radical (unpaired) electrons. The molecule has 0 saturated carbocycles. The molecule has 5 heteroatoms. The summed E-state index contributed by atoms with van der Waals surface area (Å²) in [6.07, 6.45) is 3.01. The highest BCUT2D eigenvalue weighted by atomic mass is 35.5. The lowest BCUT2D eigenvalue weighted by Gasteiger charge is -2.05. The topological polar surface area (TPSA) is 52.1 Å². The third-order valence-electron chi connectivity index (χ3n) is 2.06. The molecule has 2 aromatic heterocycles. The maximum atomic E-state index is 11.5. The molecule has 0 atom stereocenters. The number of hydrogen-bond donors (Lipinski definition) is 0. The minimum atomic E-state index is -0.479. The van der Waals surface area contributed by atoms with E-state index in [1.807, 2.05) is 0 Å². The zero-order chi connectivity index (χ0) is 11.5. The first-order valence-corrected chi connectivity index (χ1v) is 5.18. The van der Waals surface area contributed by atoms with Crippen molar-refractivity contribution in [3.8, 4) is 0 Å². The number of aromatic nitrogens is 2. The minimum Gasteiger partial charge on any atom is -0.462 e. The second kappa shape index (κ2) is 4.45. The number of carbonyl (C=O) groups excluding carboxylic acids is 1. The van der Waals surface area contributed by atoms with Crippen LogP contribution in [0.5, 0.6) is 0 Å². The number of halogens is 1. The van der Waals surface area contributed by atoms with E-state index in [2.05, 4.69) is 9.97 Å². The number of rotatable bonds is 2. The molecule has 0 amide bonds. The summed E-state index contributed by atoms with van der Waals surface area (Å²) in [7, 11) is 0. The molecule has 0 aliphatic heterocycles. The van der Waals surface area contributed by atoms with Gasteiger partial charge in [0.15, 0.2) is 0 Å². The maximum absolute atomic E-state index is 11.5. The van der Waals surface area contributed by atoms with Crippen LogP contribution in [0.2, 0.25) is 5.02 Å². The van der Waals surface area contributed by atoms with Crippen molar-refractivity contribution in [2.75, 3.05) is 6.61 Å². The zero-order valence-corrected chi connectivity index (χ0v) is 9.36. The van der Waals surface area contributed by atoms with Gasteiger partial charge in [0.1, 0.15) is 5.52 Å². The average molecular weight is 237 g/mol. The van der Waals surface area contributed by atoms with E-state index in [1.165, 1.54) is 6.20 Å². The van der Waals surface area contributed by atoms with Crippen molar-refractivity contribution in [1.29, 1.82) is 0 Å². The lowest BCUT2D eigenvalue weighted by molar-refractivity contribution is 0.0526. The summed E-state index contributed by atoms with van der Waals surface area (Å²) in [6.45, 7) is 2.04. The minimum absolute atomic E-state index is 0.245. The van der Waals surface area contributed by atoms with Crippen LogP contribution in [0.15, 0.2) is 24.5 Å². The number of fused-ring (bicyclic) bond motifs is 1. The van der Waals surface area contributed by atoms with E-state index >= 15 is 0 Å². The first kappa shape index (κ1) is 10.8. The van der Waals surface area contributed by atoms with Crippen LogP contribution in [0.4, 0.5) is 0 Å². The maximum Gasteiger partial charge on any atom is 0.341 e. The molecule has 4 nitrogen and oxygen atoms in total. The third kappa shape index (κ3) is 1.84. The predicted octanol–water partition coefficient (Wildman–Crippen LogP) is 2.46. The molecule has 0 saturated heterocycles. The Morgan fingerprint density at radius 2 is 2.31 bits per heavy atom. The highest BCUT2D eigenvalue weighted by molar-refractivity contribution is 6.37. The van der Waals surface area contributed by atoms with Crippen LogP contribution in [0.1, 0.15) is 17.3 Å². The largest absolute Gasteiger partial charge is 0.462 e. The van der Waals surface area contributed by atoms with Crippen LogP contribution >= 0.6 is 11.6 Å². The summed E-state index contributed by atoms with van der Waals surface area (Å²) in [5.74, 6) is -0.479. The summed E-state index contributed by atoms with van der Waals surface area (Å²) in [6, 6.07) is 3.54. The molecule has 2 heterocycles. The summed E-state index contributed by atoms with van der Waals surface area (Å²) in [4.78, 5) is 19.7. The van der Waals surface area contributed by atoms with Gasteiger partial charge >= 0.3 is 5.97 Å². The fourth-order valence-corrected chi connectivity index (χ4v) is 1.61. The van der Waals surface area contributed by atoms with Crippen LogP contribution in [-0.4, -0.2) is 22.5 Å². The van der Waals surface area contributed by atoms with E-state index in [9.17, 15) is 4.79 Å². The SMILES string of the molecule is CCOC(=O)c1cnc2cccnc2c1Cl. The Balaban J connectivity index is 2.56. The standard InChI is InChI=1S/C11H9ClN2O2/c1-2-16-11(15)7-6-14-8-4-3-5-13-10(8)9(7)12/h3-6H,2H2,1H3. The van der Waals surface area contributed by atoms with Crippen LogP contribution in [-0.2, 0) is 4.74 Å². The molecular weight excluding hydrogens is 228 g/mol. The van der Waals surface area contributed by atoms with E-state index in [0.717, 1.165) is 0 Å². The van der Waals surface area contributed by atoms with Crippen molar-refractivity contribution < 1.29 is 9.53 Å². The van der Waals surface area contributed by atoms with E-state index in [0.29, 0.717) is 17.6 Å². The average Bonchev–Trinajstić information content (AvgIpc) is 2.30. The Labute approximate surface area is 97.2 Å². The predicted molar refractivity (Wildman–Crippen MR) is 60.5 cm³/mol. The van der Waals surface area contributed by atoms with E-state index in [-0.39, 0.29) is 10.6 Å². The molecule has 16 heavy (non-hydrogen) atoms. The Hall–Kier alpha value is -1.68. The van der Waals surface area contributed by atoms with Crippen LogP contribution in [0, 0.1) is 0 Å². The van der Waals surface area contributed by atoms with Crippen LogP contribution in [0.3, 0.4) is 0 Å². The molecule has 2 rings (SSSR count). The van der Waals surface area contributed by atoms with Crippen molar-refractivity contribution in [2.45, 2.75) is 6.92 Å². The molecule has 0 N–H and O–H groups in total. The lowest BCUT2D eigenvalue weighted by atomic mass is 10.2. The Bertz CT molecular complexity index is 542. The summed E-state index contributed by atoms with van der Waals surface area (Å²) < 4.78 is 4.87. The molecule has 0 unspecified atom stereocenters. The fraction of sp³-hybridized carbons (Fsp3) is 0.182. The first-order valence-electron chi connectivity index (χ1n) is 4.80. The van der Waals surface area contributed by atoms with Gasteiger partial charge < -0.3 is 4.74 Å². The first-order chi connectivity index (χ1) is 7.74. The van der Waals surface area contributed by atoms with Gasteiger partial charge in [-0.15, -0.1) is 0 Å². The van der Waals surface area contributed by atoms with E-state index in [4.69, 9.17) is 16.3 Å². The summed E-state index contributed by atoms with van der Waals surface area (Å²) in [5.41, 5.74) is 1.41. The lowest BCUT2D eigenvalue weighted by Crippen LogP contribution is -2.06. The third-order valence-corrected chi connectivity index (χ3v) is 2.44. The van der Waals surface area contributed by atoms with Crippen LogP contribution in [0.25, 0.3) is 11.0 Å². The van der Waals surface area contributed by atoms with Gasteiger partial charge in [0, 0.05) is 12.4 Å². The Kier molecular flexibility index (Phi) is 3.01. The molecule has 0 aliphatic carbocycles. The van der Waals surface area contributed by atoms with Gasteiger partial charge in [-0.05, 0) is 19.1 Å². The van der Waals surface area contributed by atoms with Gasteiger partial charge in [0.05, 0.1) is 22.7 Å². The summed E-state index contributed by atoms with van der Waals surface area (Å²) in [5, 5.41) is 0.282. The molecule has 0 fully saturated rings. The quantitative estimate of drug-likeness (QED) is 0.752. The van der Waals surface area contributed by atoms with Gasteiger partial charge in [-0.2, -0.15) is 0 Å². The highest BCUT2D eigenvalue weighted by Crippen LogP contribution is 2.23. The number of carbonyl (C=O) groups is 1. The van der Waals surface area contributed by atoms with Crippen molar-refractivity contribution >= 4 is 28.6 Å². The van der Waals surface area contributed by atoms with Gasteiger partial charge in [0.2, 0.25) is 0 Å². The molecule has 82 valence electrons. The van der Waals surface area contributed by atoms with Gasteiger partial charge in [-0.3, -0.25) is 9.97 Å². The molecule has 2 aromatic rings. The van der Waals surface area contributed by atoms with Crippen molar-refractivity contribution in [1.82, 2.24) is 9.97 Å². The Morgan fingerprint density at radius 1 is 1.50 bits per heavy atom. The normalized spacial score (nSPS) is 10.4. The number of pyridine rings is 2. The Morgan fingerprint density at radius 3 is 3.06 bits per heavy atom. The van der Waals surface area contributed by atoms with Crippen molar-refractivity contribution in [3.05, 3.63) is 35.1 Å². The monoisotopic (exact) mass is 236 g/mol. The molecule has 0 spiro atoms. The molecular formula is C11H9ClN2O2. The summed E-state index contributed by atoms with van der Waals surface area (Å²) >= 11 is 6.07. The van der Waals surface area contributed by atoms with Crippen molar-refractivity contribution in [2.24, 2.45) is 0 Å². The number of nitrogens with zero attached hydrogens (tertiary/aromatic N) is 2.